The third-order valence-corrected chi connectivity index (χ3v) is 2.84. The van der Waals surface area contributed by atoms with Crippen LogP contribution in [0.1, 0.15) is 12.6 Å². The molecule has 0 aliphatic carbocycles. The van der Waals surface area contributed by atoms with Crippen LogP contribution in [0.4, 0.5) is 15.8 Å². The molecule has 0 aliphatic heterocycles. The van der Waals surface area contributed by atoms with Gasteiger partial charge < -0.3 is 10.6 Å². The van der Waals surface area contributed by atoms with Gasteiger partial charge in [0.25, 0.3) is 0 Å². The van der Waals surface area contributed by atoms with Gasteiger partial charge in [0, 0.05) is 12.7 Å². The average Bonchev–Trinajstić information content (AvgIpc) is 2.39. The Bertz CT molecular complexity index is 528. The Hall–Kier alpha value is -2.10. The summed E-state index contributed by atoms with van der Waals surface area (Å²) in [5.74, 6) is -0.228. The van der Waals surface area contributed by atoms with Crippen molar-refractivity contribution in [3.8, 4) is 0 Å². The normalized spacial score (nSPS) is 10.3. The van der Waals surface area contributed by atoms with E-state index in [4.69, 9.17) is 5.73 Å². The van der Waals surface area contributed by atoms with Gasteiger partial charge in [-0.25, -0.2) is 4.39 Å². The third kappa shape index (κ3) is 2.59. The molecule has 4 heteroatoms. The predicted molar refractivity (Wildman–Crippen MR) is 71.8 cm³/mol. The van der Waals surface area contributed by atoms with Crippen molar-refractivity contribution in [2.75, 3.05) is 17.2 Å². The molecule has 1 aromatic heterocycles. The molecule has 0 unspecified atom stereocenters. The van der Waals surface area contributed by atoms with Crippen LogP contribution in [-0.2, 0) is 6.54 Å². The molecule has 0 atom stereocenters. The largest absolute Gasteiger partial charge is 0.397 e. The standard InChI is InChI=1S/C14H16FN3/c1-2-18(14-8-4-3-6-11(14)15)10-13-12(16)7-5-9-17-13/h3-9H,2,10,16H2,1H3. The molecule has 2 rings (SSSR count). The number of benzene rings is 1. The lowest BCUT2D eigenvalue weighted by molar-refractivity contribution is 0.617. The number of nitrogens with two attached hydrogens (primary N) is 1. The minimum atomic E-state index is -0.228. The van der Waals surface area contributed by atoms with Crippen molar-refractivity contribution in [2.24, 2.45) is 0 Å². The second kappa shape index (κ2) is 5.49. The van der Waals surface area contributed by atoms with Crippen LogP contribution in [0.3, 0.4) is 0 Å². The van der Waals surface area contributed by atoms with Gasteiger partial charge in [-0.15, -0.1) is 0 Å². The first-order valence-corrected chi connectivity index (χ1v) is 5.91. The van der Waals surface area contributed by atoms with Crippen molar-refractivity contribution >= 4 is 11.4 Å². The van der Waals surface area contributed by atoms with Gasteiger partial charge in [0.2, 0.25) is 0 Å². The molecule has 1 aromatic carbocycles. The summed E-state index contributed by atoms with van der Waals surface area (Å²) in [5, 5.41) is 0. The molecule has 0 bridgehead atoms. The van der Waals surface area contributed by atoms with Crippen molar-refractivity contribution in [3.05, 3.63) is 54.1 Å². The first kappa shape index (κ1) is 12.4. The maximum absolute atomic E-state index is 13.7. The molecule has 94 valence electrons. The van der Waals surface area contributed by atoms with E-state index in [0.717, 1.165) is 5.69 Å². The Balaban J connectivity index is 2.26. The number of para-hydroxylation sites is 1. The van der Waals surface area contributed by atoms with E-state index in [1.54, 1.807) is 30.5 Å². The van der Waals surface area contributed by atoms with Gasteiger partial charge in [-0.05, 0) is 31.2 Å². The van der Waals surface area contributed by atoms with Crippen molar-refractivity contribution in [1.82, 2.24) is 4.98 Å². The first-order chi connectivity index (χ1) is 8.72. The number of anilines is 2. The number of pyridine rings is 1. The monoisotopic (exact) mass is 245 g/mol. The van der Waals surface area contributed by atoms with E-state index in [-0.39, 0.29) is 5.82 Å². The fourth-order valence-electron chi connectivity index (χ4n) is 1.84. The van der Waals surface area contributed by atoms with E-state index in [2.05, 4.69) is 4.98 Å². The summed E-state index contributed by atoms with van der Waals surface area (Å²) in [5.41, 5.74) is 7.83. The number of nitrogens with zero attached hydrogens (tertiary/aromatic N) is 2. The molecule has 0 spiro atoms. The molecule has 2 aromatic rings. The molecule has 0 aliphatic rings. The van der Waals surface area contributed by atoms with Crippen LogP contribution in [0.15, 0.2) is 42.6 Å². The van der Waals surface area contributed by atoms with Crippen molar-refractivity contribution < 1.29 is 4.39 Å². The van der Waals surface area contributed by atoms with Gasteiger partial charge in [0.1, 0.15) is 5.82 Å². The van der Waals surface area contributed by atoms with Crippen LogP contribution in [0.2, 0.25) is 0 Å². The zero-order chi connectivity index (χ0) is 13.0. The highest BCUT2D eigenvalue weighted by atomic mass is 19.1. The lowest BCUT2D eigenvalue weighted by Crippen LogP contribution is -2.24. The van der Waals surface area contributed by atoms with Gasteiger partial charge in [-0.2, -0.15) is 0 Å². The Morgan fingerprint density at radius 1 is 1.22 bits per heavy atom. The number of rotatable bonds is 4. The van der Waals surface area contributed by atoms with Gasteiger partial charge >= 0.3 is 0 Å². The topological polar surface area (TPSA) is 42.2 Å². The lowest BCUT2D eigenvalue weighted by atomic mass is 10.2. The number of halogens is 1. The summed E-state index contributed by atoms with van der Waals surface area (Å²) in [6.45, 7) is 3.17. The Kier molecular flexibility index (Phi) is 3.77. The first-order valence-electron chi connectivity index (χ1n) is 5.91. The van der Waals surface area contributed by atoms with E-state index in [1.807, 2.05) is 17.9 Å². The minimum Gasteiger partial charge on any atom is -0.397 e. The van der Waals surface area contributed by atoms with Crippen molar-refractivity contribution in [3.63, 3.8) is 0 Å². The third-order valence-electron chi connectivity index (χ3n) is 2.84. The maximum atomic E-state index is 13.7. The second-order valence-electron chi connectivity index (χ2n) is 4.00. The van der Waals surface area contributed by atoms with Gasteiger partial charge in [-0.1, -0.05) is 12.1 Å². The number of hydrogen-bond acceptors (Lipinski definition) is 3. The molecule has 0 radical (unpaired) electrons. The molecule has 3 nitrogen and oxygen atoms in total. The average molecular weight is 245 g/mol. The van der Waals surface area contributed by atoms with E-state index in [1.165, 1.54) is 6.07 Å². The van der Waals surface area contributed by atoms with Crippen molar-refractivity contribution in [1.29, 1.82) is 0 Å². The summed E-state index contributed by atoms with van der Waals surface area (Å²) in [7, 11) is 0. The van der Waals surface area contributed by atoms with E-state index in [9.17, 15) is 4.39 Å². The number of nitrogen functional groups attached to an aromatic ring is 1. The molecule has 1 heterocycles. The van der Waals surface area contributed by atoms with E-state index < -0.39 is 0 Å². The molecule has 0 amide bonds. The highest BCUT2D eigenvalue weighted by Crippen LogP contribution is 2.21. The highest BCUT2D eigenvalue weighted by molar-refractivity contribution is 5.50. The predicted octanol–water partition coefficient (Wildman–Crippen LogP) is 2.83. The van der Waals surface area contributed by atoms with Gasteiger partial charge in [0.15, 0.2) is 0 Å². The van der Waals surface area contributed by atoms with Crippen LogP contribution in [0.5, 0.6) is 0 Å². The molecule has 0 saturated carbocycles. The fourth-order valence-corrected chi connectivity index (χ4v) is 1.84. The molecule has 18 heavy (non-hydrogen) atoms. The van der Waals surface area contributed by atoms with Crippen LogP contribution in [0.25, 0.3) is 0 Å². The number of aromatic nitrogens is 1. The van der Waals surface area contributed by atoms with Gasteiger partial charge in [0.05, 0.1) is 23.6 Å². The molecule has 2 N–H and O–H groups in total. The fraction of sp³-hybridized carbons (Fsp3) is 0.214. The quantitative estimate of drug-likeness (QED) is 0.900. The summed E-state index contributed by atoms with van der Waals surface area (Å²) >= 11 is 0. The maximum Gasteiger partial charge on any atom is 0.146 e. The molecular formula is C14H16FN3. The van der Waals surface area contributed by atoms with Crippen LogP contribution in [0, 0.1) is 5.82 Å². The zero-order valence-corrected chi connectivity index (χ0v) is 10.3. The smallest absolute Gasteiger partial charge is 0.146 e. The van der Waals surface area contributed by atoms with E-state index >= 15 is 0 Å². The van der Waals surface area contributed by atoms with Crippen LogP contribution in [-0.4, -0.2) is 11.5 Å². The molecule has 0 fully saturated rings. The SMILES string of the molecule is CCN(Cc1ncccc1N)c1ccccc1F. The Labute approximate surface area is 106 Å². The summed E-state index contributed by atoms with van der Waals surface area (Å²) in [4.78, 5) is 6.14. The zero-order valence-electron chi connectivity index (χ0n) is 10.3. The Morgan fingerprint density at radius 2 is 2.00 bits per heavy atom. The van der Waals surface area contributed by atoms with Crippen molar-refractivity contribution in [2.45, 2.75) is 13.5 Å². The lowest BCUT2D eigenvalue weighted by Gasteiger charge is -2.23. The summed E-state index contributed by atoms with van der Waals surface area (Å²) in [6, 6.07) is 10.3. The second-order valence-corrected chi connectivity index (χ2v) is 4.00. The van der Waals surface area contributed by atoms with Crippen LogP contribution < -0.4 is 10.6 Å². The highest BCUT2D eigenvalue weighted by Gasteiger charge is 2.11. The minimum absolute atomic E-state index is 0.228. The van der Waals surface area contributed by atoms with E-state index in [0.29, 0.717) is 24.5 Å². The molecular weight excluding hydrogens is 229 g/mol. The summed E-state index contributed by atoms with van der Waals surface area (Å²) < 4.78 is 13.7. The van der Waals surface area contributed by atoms with Gasteiger partial charge in [-0.3, -0.25) is 4.98 Å². The molecule has 0 saturated heterocycles. The summed E-state index contributed by atoms with van der Waals surface area (Å²) in [6.07, 6.45) is 1.70. The Morgan fingerprint density at radius 3 is 2.67 bits per heavy atom. The number of hydrogen-bond donors (Lipinski definition) is 1. The van der Waals surface area contributed by atoms with Crippen LogP contribution >= 0.6 is 0 Å².